The van der Waals surface area contributed by atoms with Gasteiger partial charge in [0.1, 0.15) is 18.0 Å². The van der Waals surface area contributed by atoms with Crippen LogP contribution in [0.3, 0.4) is 0 Å². The van der Waals surface area contributed by atoms with Gasteiger partial charge in [-0.1, -0.05) is 42.5 Å². The molecule has 0 aliphatic carbocycles. The Labute approximate surface area is 220 Å². The number of benzene rings is 4. The number of carbonyl (C=O) groups excluding carboxylic acids is 2. The summed E-state index contributed by atoms with van der Waals surface area (Å²) < 4.78 is 7.40. The number of fused-ring (bicyclic) bond motifs is 3. The van der Waals surface area contributed by atoms with Crippen molar-refractivity contribution in [2.45, 2.75) is 19.3 Å². The predicted octanol–water partition coefficient (Wildman–Crippen LogP) is 5.83. The lowest BCUT2D eigenvalue weighted by Crippen LogP contribution is -2.26. The highest BCUT2D eigenvalue weighted by Gasteiger charge is 2.28. The van der Waals surface area contributed by atoms with Crippen LogP contribution in [-0.2, 0) is 22.4 Å². The van der Waals surface area contributed by atoms with Crippen LogP contribution in [-0.4, -0.2) is 28.5 Å². The molecule has 1 N–H and O–H groups in total. The van der Waals surface area contributed by atoms with Crippen LogP contribution < -0.4 is 15.0 Å². The number of nitrogens with zero attached hydrogens (tertiary/aromatic N) is 3. The Bertz CT molecular complexity index is 1660. The fourth-order valence-electron chi connectivity index (χ4n) is 5.00. The fraction of sp³-hybridized carbons (Fsp3) is 0.129. The van der Waals surface area contributed by atoms with Gasteiger partial charge in [0.2, 0.25) is 11.8 Å². The molecule has 0 fully saturated rings. The number of methoxy groups -OCH3 is 1. The molecule has 0 bridgehead atoms. The van der Waals surface area contributed by atoms with Crippen molar-refractivity contribution in [3.63, 3.8) is 0 Å². The Morgan fingerprint density at radius 3 is 2.55 bits per heavy atom. The zero-order valence-electron chi connectivity index (χ0n) is 20.9. The topological polar surface area (TPSA) is 76.5 Å². The van der Waals surface area contributed by atoms with E-state index in [1.807, 2.05) is 85.1 Å². The first-order valence-corrected chi connectivity index (χ1v) is 12.5. The zero-order chi connectivity index (χ0) is 26.1. The van der Waals surface area contributed by atoms with Crippen molar-refractivity contribution in [1.82, 2.24) is 9.55 Å². The van der Waals surface area contributed by atoms with Crippen LogP contribution in [0.25, 0.3) is 16.5 Å². The molecule has 0 radical (unpaired) electrons. The van der Waals surface area contributed by atoms with E-state index in [9.17, 15) is 9.59 Å². The Morgan fingerprint density at radius 2 is 1.71 bits per heavy atom. The van der Waals surface area contributed by atoms with Crippen molar-refractivity contribution in [2.24, 2.45) is 0 Å². The van der Waals surface area contributed by atoms with Gasteiger partial charge >= 0.3 is 0 Å². The first-order valence-electron chi connectivity index (χ1n) is 12.5. The lowest BCUT2D eigenvalue weighted by Gasteiger charge is -2.23. The second-order valence-electron chi connectivity index (χ2n) is 9.22. The van der Waals surface area contributed by atoms with E-state index in [0.29, 0.717) is 17.1 Å². The van der Waals surface area contributed by atoms with Gasteiger partial charge in [0.05, 0.1) is 18.5 Å². The molecule has 38 heavy (non-hydrogen) atoms. The Morgan fingerprint density at radius 1 is 0.895 bits per heavy atom. The summed E-state index contributed by atoms with van der Waals surface area (Å²) in [6.07, 6.45) is 5.12. The van der Waals surface area contributed by atoms with E-state index in [2.05, 4.69) is 20.9 Å². The van der Waals surface area contributed by atoms with Crippen LogP contribution in [0.15, 0.2) is 97.3 Å². The summed E-state index contributed by atoms with van der Waals surface area (Å²) in [6, 6.07) is 27.5. The van der Waals surface area contributed by atoms with Crippen LogP contribution in [0.1, 0.15) is 17.8 Å². The number of aromatic nitrogens is 2. The van der Waals surface area contributed by atoms with Gasteiger partial charge in [-0.05, 0) is 59.8 Å². The number of nitrogens with one attached hydrogen (secondary N) is 1. The van der Waals surface area contributed by atoms with Crippen LogP contribution in [0.2, 0.25) is 0 Å². The number of aryl methyl sites for hydroxylation is 2. The molecule has 0 unspecified atom stereocenters. The van der Waals surface area contributed by atoms with E-state index >= 15 is 0 Å². The van der Waals surface area contributed by atoms with Crippen molar-refractivity contribution in [3.05, 3.63) is 109 Å². The van der Waals surface area contributed by atoms with Gasteiger partial charge in [-0.25, -0.2) is 4.98 Å². The van der Waals surface area contributed by atoms with Crippen LogP contribution >= 0.6 is 0 Å². The van der Waals surface area contributed by atoms with Gasteiger partial charge in [-0.2, -0.15) is 0 Å². The standard InChI is InChI=1S/C31H26N4O3/c1-38-25-7-4-5-21(19-25)9-16-28-32-17-18-34(28)23-11-13-24(14-12-23)35-27-15-10-22-6-2-3-8-26(22)31(27)33-29(36)20-30(35)37/h2-8,10-15,17-19H,9,16,20H2,1H3,(H,33,36). The Kier molecular flexibility index (Phi) is 6.09. The highest BCUT2D eigenvalue weighted by molar-refractivity contribution is 6.21. The molecule has 1 aliphatic heterocycles. The third kappa shape index (κ3) is 4.39. The van der Waals surface area contributed by atoms with E-state index in [1.54, 1.807) is 18.2 Å². The number of carbonyl (C=O) groups is 2. The minimum absolute atomic E-state index is 0.222. The smallest absolute Gasteiger partial charge is 0.241 e. The Balaban J connectivity index is 1.30. The average Bonchev–Trinajstić information content (AvgIpc) is 3.37. The van der Waals surface area contributed by atoms with Crippen molar-refractivity contribution in [2.75, 3.05) is 17.3 Å². The zero-order valence-corrected chi connectivity index (χ0v) is 20.9. The monoisotopic (exact) mass is 502 g/mol. The third-order valence-corrected chi connectivity index (χ3v) is 6.85. The summed E-state index contributed by atoms with van der Waals surface area (Å²) in [6.45, 7) is 0. The average molecular weight is 503 g/mol. The minimum Gasteiger partial charge on any atom is -0.497 e. The summed E-state index contributed by atoms with van der Waals surface area (Å²) in [5.41, 5.74) is 4.14. The van der Waals surface area contributed by atoms with Gasteiger partial charge in [-0.3, -0.25) is 14.5 Å². The van der Waals surface area contributed by atoms with Crippen molar-refractivity contribution >= 4 is 39.6 Å². The summed E-state index contributed by atoms with van der Waals surface area (Å²) >= 11 is 0. The molecule has 7 heteroatoms. The van der Waals surface area contributed by atoms with Gasteiger partial charge in [0.25, 0.3) is 0 Å². The molecule has 7 nitrogen and oxygen atoms in total. The maximum Gasteiger partial charge on any atom is 0.241 e. The van der Waals surface area contributed by atoms with Gasteiger partial charge < -0.3 is 14.6 Å². The molecule has 2 heterocycles. The van der Waals surface area contributed by atoms with E-state index in [1.165, 1.54) is 5.56 Å². The largest absolute Gasteiger partial charge is 0.497 e. The quantitative estimate of drug-likeness (QED) is 0.297. The molecular weight excluding hydrogens is 476 g/mol. The van der Waals surface area contributed by atoms with Crippen LogP contribution in [0, 0.1) is 0 Å². The van der Waals surface area contributed by atoms with Crippen LogP contribution in [0.4, 0.5) is 17.1 Å². The molecule has 188 valence electrons. The van der Waals surface area contributed by atoms with E-state index in [4.69, 9.17) is 4.74 Å². The number of amides is 2. The van der Waals surface area contributed by atoms with E-state index in [-0.39, 0.29) is 18.2 Å². The second-order valence-corrected chi connectivity index (χ2v) is 9.22. The maximum absolute atomic E-state index is 13.2. The number of hydrogen-bond acceptors (Lipinski definition) is 4. The van der Waals surface area contributed by atoms with Gasteiger partial charge in [0.15, 0.2) is 0 Å². The lowest BCUT2D eigenvalue weighted by molar-refractivity contribution is -0.124. The maximum atomic E-state index is 13.2. The molecule has 4 aromatic carbocycles. The highest BCUT2D eigenvalue weighted by Crippen LogP contribution is 2.40. The van der Waals surface area contributed by atoms with E-state index < -0.39 is 0 Å². The first-order chi connectivity index (χ1) is 18.6. The highest BCUT2D eigenvalue weighted by atomic mass is 16.5. The number of anilines is 3. The van der Waals surface area contributed by atoms with Gasteiger partial charge in [0, 0.05) is 35.6 Å². The van der Waals surface area contributed by atoms with Crippen molar-refractivity contribution in [3.8, 4) is 11.4 Å². The SMILES string of the molecule is COc1cccc(CCc2nccn2-c2ccc(N3C(=O)CC(=O)Nc4c3ccc3ccccc43)cc2)c1. The number of imidazole rings is 1. The number of rotatable bonds is 6. The van der Waals surface area contributed by atoms with Gasteiger partial charge in [-0.15, -0.1) is 0 Å². The third-order valence-electron chi connectivity index (χ3n) is 6.85. The summed E-state index contributed by atoms with van der Waals surface area (Å²) in [7, 11) is 1.67. The molecule has 0 saturated heterocycles. The molecular formula is C31H26N4O3. The summed E-state index contributed by atoms with van der Waals surface area (Å²) in [5, 5.41) is 4.84. The van der Waals surface area contributed by atoms with Crippen LogP contribution in [0.5, 0.6) is 5.75 Å². The van der Waals surface area contributed by atoms with Crippen molar-refractivity contribution < 1.29 is 14.3 Å². The lowest BCUT2D eigenvalue weighted by atomic mass is 10.1. The molecule has 0 atom stereocenters. The van der Waals surface area contributed by atoms with Crippen molar-refractivity contribution in [1.29, 1.82) is 0 Å². The molecule has 1 aromatic heterocycles. The summed E-state index contributed by atoms with van der Waals surface area (Å²) in [4.78, 5) is 31.9. The number of hydrogen-bond donors (Lipinski definition) is 1. The summed E-state index contributed by atoms with van der Waals surface area (Å²) in [5.74, 6) is 1.20. The first kappa shape index (κ1) is 23.5. The molecule has 1 aliphatic rings. The molecule has 2 amide bonds. The molecule has 6 rings (SSSR count). The fourth-order valence-corrected chi connectivity index (χ4v) is 5.00. The molecule has 0 saturated carbocycles. The molecule has 5 aromatic rings. The molecule has 0 spiro atoms. The minimum atomic E-state index is -0.314. The van der Waals surface area contributed by atoms with E-state index in [0.717, 1.165) is 40.9 Å². The normalized spacial score (nSPS) is 13.2. The Hall–Kier alpha value is -4.91. The number of ether oxygens (including phenoxy) is 1. The second kappa shape index (κ2) is 9.86. The predicted molar refractivity (Wildman–Crippen MR) is 148 cm³/mol.